The minimum absolute atomic E-state index is 0.109. The van der Waals surface area contributed by atoms with Gasteiger partial charge in [-0.3, -0.25) is 9.69 Å². The highest BCUT2D eigenvalue weighted by molar-refractivity contribution is 5.78. The van der Waals surface area contributed by atoms with Crippen LogP contribution in [0.1, 0.15) is 24.0 Å². The van der Waals surface area contributed by atoms with Crippen molar-refractivity contribution in [3.63, 3.8) is 0 Å². The lowest BCUT2D eigenvalue weighted by Gasteiger charge is -2.22. The molecule has 1 amide bonds. The van der Waals surface area contributed by atoms with Crippen LogP contribution < -0.4 is 5.32 Å². The van der Waals surface area contributed by atoms with Crippen molar-refractivity contribution >= 4 is 5.91 Å². The number of benzene rings is 1. The Balaban J connectivity index is 1.80. The number of rotatable bonds is 7. The second-order valence-corrected chi connectivity index (χ2v) is 6.12. The van der Waals surface area contributed by atoms with E-state index in [2.05, 4.69) is 5.32 Å². The van der Waals surface area contributed by atoms with Gasteiger partial charge in [-0.2, -0.15) is 0 Å². The van der Waals surface area contributed by atoms with Gasteiger partial charge in [-0.25, -0.2) is 0 Å². The predicted octanol–water partition coefficient (Wildman–Crippen LogP) is 2.04. The van der Waals surface area contributed by atoms with Crippen molar-refractivity contribution in [1.29, 1.82) is 0 Å². The lowest BCUT2D eigenvalue weighted by atomic mass is 10.0. The third kappa shape index (κ3) is 5.23. The van der Waals surface area contributed by atoms with Crippen LogP contribution in [0.15, 0.2) is 46.9 Å². The lowest BCUT2D eigenvalue weighted by Crippen LogP contribution is -2.42. The molecule has 0 aliphatic carbocycles. The fourth-order valence-corrected chi connectivity index (χ4v) is 2.33. The number of aryl methyl sites for hydroxylation is 1. The van der Waals surface area contributed by atoms with Gasteiger partial charge >= 0.3 is 0 Å². The van der Waals surface area contributed by atoms with E-state index in [1.54, 1.807) is 19.1 Å². The topological polar surface area (TPSA) is 65.7 Å². The van der Waals surface area contributed by atoms with Crippen molar-refractivity contribution in [3.8, 4) is 0 Å². The second-order valence-electron chi connectivity index (χ2n) is 6.12. The minimum Gasteiger partial charge on any atom is -0.463 e. The SMILES string of the molecule is Cc1ccc(C(C)(O)CNC(=O)CN(C)Cc2ccccc2)o1. The van der Waals surface area contributed by atoms with Gasteiger partial charge in [0.2, 0.25) is 5.91 Å². The van der Waals surface area contributed by atoms with Crippen LogP contribution in [0.2, 0.25) is 0 Å². The van der Waals surface area contributed by atoms with Crippen LogP contribution in [-0.2, 0) is 16.9 Å². The molecule has 2 aromatic rings. The maximum Gasteiger partial charge on any atom is 0.234 e. The summed E-state index contributed by atoms with van der Waals surface area (Å²) in [5, 5.41) is 13.2. The zero-order valence-corrected chi connectivity index (χ0v) is 13.9. The number of aliphatic hydroxyl groups is 1. The van der Waals surface area contributed by atoms with E-state index in [4.69, 9.17) is 4.42 Å². The molecule has 0 aliphatic rings. The van der Waals surface area contributed by atoms with Crippen molar-refractivity contribution in [2.45, 2.75) is 26.0 Å². The molecule has 0 fully saturated rings. The molecule has 0 saturated heterocycles. The molecule has 0 spiro atoms. The molecule has 5 nitrogen and oxygen atoms in total. The molecular weight excluding hydrogens is 292 g/mol. The largest absolute Gasteiger partial charge is 0.463 e. The van der Waals surface area contributed by atoms with Gasteiger partial charge in [-0.15, -0.1) is 0 Å². The Labute approximate surface area is 136 Å². The average molecular weight is 316 g/mol. The molecule has 2 N–H and O–H groups in total. The Morgan fingerprint density at radius 3 is 2.57 bits per heavy atom. The van der Waals surface area contributed by atoms with Crippen LogP contribution in [0.5, 0.6) is 0 Å². The third-order valence-corrected chi connectivity index (χ3v) is 3.61. The first-order chi connectivity index (χ1) is 10.9. The molecular formula is C18H24N2O3. The molecule has 0 saturated carbocycles. The van der Waals surface area contributed by atoms with Crippen LogP contribution in [0.3, 0.4) is 0 Å². The van der Waals surface area contributed by atoms with E-state index in [9.17, 15) is 9.90 Å². The van der Waals surface area contributed by atoms with Crippen molar-refractivity contribution < 1.29 is 14.3 Å². The Morgan fingerprint density at radius 2 is 1.96 bits per heavy atom. The lowest BCUT2D eigenvalue weighted by molar-refractivity contribution is -0.123. The molecule has 0 bridgehead atoms. The number of nitrogens with zero attached hydrogens (tertiary/aromatic N) is 1. The molecule has 2 rings (SSSR count). The summed E-state index contributed by atoms with van der Waals surface area (Å²) in [4.78, 5) is 14.0. The molecule has 1 aromatic carbocycles. The number of carbonyl (C=O) groups excluding carboxylic acids is 1. The number of amides is 1. The van der Waals surface area contributed by atoms with Gasteiger partial charge in [0, 0.05) is 6.54 Å². The smallest absolute Gasteiger partial charge is 0.234 e. The summed E-state index contributed by atoms with van der Waals surface area (Å²) >= 11 is 0. The number of nitrogens with one attached hydrogen (secondary N) is 1. The van der Waals surface area contributed by atoms with E-state index in [1.807, 2.05) is 49.2 Å². The summed E-state index contributed by atoms with van der Waals surface area (Å²) in [5.74, 6) is 1.05. The molecule has 0 radical (unpaired) electrons. The van der Waals surface area contributed by atoms with Crippen LogP contribution in [0, 0.1) is 6.92 Å². The summed E-state index contributed by atoms with van der Waals surface area (Å²) in [7, 11) is 1.89. The maximum absolute atomic E-state index is 12.0. The van der Waals surface area contributed by atoms with Crippen molar-refractivity contribution in [1.82, 2.24) is 10.2 Å². The number of carbonyl (C=O) groups is 1. The Kier molecular flexibility index (Phi) is 5.58. The summed E-state index contributed by atoms with van der Waals surface area (Å²) in [6.45, 7) is 4.51. The normalized spacial score (nSPS) is 13.8. The van der Waals surface area contributed by atoms with E-state index in [-0.39, 0.29) is 19.0 Å². The van der Waals surface area contributed by atoms with E-state index in [0.717, 1.165) is 11.3 Å². The molecule has 1 aromatic heterocycles. The van der Waals surface area contributed by atoms with E-state index < -0.39 is 5.60 Å². The van der Waals surface area contributed by atoms with Gasteiger partial charge in [0.05, 0.1) is 13.1 Å². The fourth-order valence-electron chi connectivity index (χ4n) is 2.33. The summed E-state index contributed by atoms with van der Waals surface area (Å²) in [6.07, 6.45) is 0. The van der Waals surface area contributed by atoms with E-state index >= 15 is 0 Å². The number of hydrogen-bond donors (Lipinski definition) is 2. The van der Waals surface area contributed by atoms with Gasteiger partial charge in [-0.1, -0.05) is 30.3 Å². The number of hydrogen-bond acceptors (Lipinski definition) is 4. The minimum atomic E-state index is -1.22. The summed E-state index contributed by atoms with van der Waals surface area (Å²) in [5.41, 5.74) is -0.0667. The van der Waals surface area contributed by atoms with Gasteiger partial charge < -0.3 is 14.8 Å². The highest BCUT2D eigenvalue weighted by atomic mass is 16.4. The van der Waals surface area contributed by atoms with Crippen LogP contribution in [0.4, 0.5) is 0 Å². The molecule has 23 heavy (non-hydrogen) atoms. The Morgan fingerprint density at radius 1 is 1.26 bits per heavy atom. The molecule has 1 atom stereocenters. The first kappa shape index (κ1) is 17.2. The Bertz CT molecular complexity index is 635. The first-order valence-corrected chi connectivity index (χ1v) is 7.65. The second kappa shape index (κ2) is 7.44. The average Bonchev–Trinajstić information content (AvgIpc) is 2.94. The molecule has 5 heteroatoms. The zero-order valence-electron chi connectivity index (χ0n) is 13.9. The number of furan rings is 1. The van der Waals surface area contributed by atoms with E-state index in [0.29, 0.717) is 12.3 Å². The highest BCUT2D eigenvalue weighted by Gasteiger charge is 2.27. The van der Waals surface area contributed by atoms with Crippen LogP contribution in [0.25, 0.3) is 0 Å². The summed E-state index contributed by atoms with van der Waals surface area (Å²) in [6, 6.07) is 13.5. The standard InChI is InChI=1S/C18H24N2O3/c1-14-9-10-16(23-14)18(2,22)13-19-17(21)12-20(3)11-15-7-5-4-6-8-15/h4-10,22H,11-13H2,1-3H3,(H,19,21). The quantitative estimate of drug-likeness (QED) is 0.820. The zero-order chi connectivity index (χ0) is 16.9. The predicted molar refractivity (Wildman–Crippen MR) is 88.8 cm³/mol. The molecule has 124 valence electrons. The third-order valence-electron chi connectivity index (χ3n) is 3.61. The van der Waals surface area contributed by atoms with Gasteiger partial charge in [0.15, 0.2) is 0 Å². The van der Waals surface area contributed by atoms with Crippen LogP contribution in [-0.4, -0.2) is 36.1 Å². The van der Waals surface area contributed by atoms with E-state index in [1.165, 1.54) is 0 Å². The maximum atomic E-state index is 12.0. The van der Waals surface area contributed by atoms with Gasteiger partial charge in [0.1, 0.15) is 17.1 Å². The highest BCUT2D eigenvalue weighted by Crippen LogP contribution is 2.21. The Hall–Kier alpha value is -2.11. The fraction of sp³-hybridized carbons (Fsp3) is 0.389. The van der Waals surface area contributed by atoms with Gasteiger partial charge in [0.25, 0.3) is 0 Å². The monoisotopic (exact) mass is 316 g/mol. The first-order valence-electron chi connectivity index (χ1n) is 7.65. The van der Waals surface area contributed by atoms with Crippen molar-refractivity contribution in [2.75, 3.05) is 20.1 Å². The molecule has 0 aliphatic heterocycles. The molecule has 1 unspecified atom stereocenters. The summed E-state index contributed by atoms with van der Waals surface area (Å²) < 4.78 is 5.43. The number of likely N-dealkylation sites (N-methyl/N-ethyl adjacent to an activating group) is 1. The van der Waals surface area contributed by atoms with Crippen molar-refractivity contribution in [3.05, 3.63) is 59.5 Å². The van der Waals surface area contributed by atoms with Crippen molar-refractivity contribution in [2.24, 2.45) is 0 Å². The van der Waals surface area contributed by atoms with Crippen LogP contribution >= 0.6 is 0 Å². The van der Waals surface area contributed by atoms with Gasteiger partial charge in [-0.05, 0) is 38.6 Å². The molecule has 1 heterocycles.